The minimum Gasteiger partial charge on any atom is -0.395 e. The molecular weight excluding hydrogens is 362 g/mol. The van der Waals surface area contributed by atoms with Crippen LogP contribution in [0.4, 0.5) is 5.82 Å². The molecule has 2 aromatic rings. The lowest BCUT2D eigenvalue weighted by atomic mass is 10.1. The number of anilines is 1. The van der Waals surface area contributed by atoms with Gasteiger partial charge in [-0.15, -0.1) is 0 Å². The molecule has 0 bridgehead atoms. The van der Waals surface area contributed by atoms with Gasteiger partial charge in [-0.2, -0.15) is 4.31 Å². The molecule has 0 saturated heterocycles. The first-order valence-electron chi connectivity index (χ1n) is 8.01. The lowest BCUT2D eigenvalue weighted by molar-refractivity contribution is 0.166. The van der Waals surface area contributed by atoms with E-state index in [4.69, 9.17) is 17.3 Å². The van der Waals surface area contributed by atoms with Crippen LogP contribution in [0.15, 0.2) is 47.5 Å². The third-order valence-corrected chi connectivity index (χ3v) is 6.45. The molecule has 3 rings (SSSR count). The van der Waals surface area contributed by atoms with Crippen LogP contribution in [0.3, 0.4) is 0 Å². The zero-order valence-corrected chi connectivity index (χ0v) is 15.1. The Labute approximate surface area is 152 Å². The maximum Gasteiger partial charge on any atom is 0.247 e. The largest absolute Gasteiger partial charge is 0.395 e. The van der Waals surface area contributed by atoms with Crippen LogP contribution < -0.4 is 5.73 Å². The molecule has 1 aliphatic rings. The van der Waals surface area contributed by atoms with Gasteiger partial charge < -0.3 is 10.8 Å². The summed E-state index contributed by atoms with van der Waals surface area (Å²) in [7, 11) is -3.97. The van der Waals surface area contributed by atoms with E-state index in [-0.39, 0.29) is 34.8 Å². The lowest BCUT2D eigenvalue weighted by Gasteiger charge is -2.30. The average molecular weight is 382 g/mol. The van der Waals surface area contributed by atoms with Gasteiger partial charge in [0.2, 0.25) is 10.0 Å². The molecule has 0 spiro atoms. The van der Waals surface area contributed by atoms with E-state index in [2.05, 4.69) is 4.98 Å². The maximum atomic E-state index is 13.3. The normalized spacial score (nSPS) is 16.1. The fraction of sp³-hybridized carbons (Fsp3) is 0.353. The lowest BCUT2D eigenvalue weighted by Crippen LogP contribution is -2.43. The number of sulfonamides is 1. The Balaban J connectivity index is 2.04. The number of pyridine rings is 1. The molecule has 1 aromatic heterocycles. The topological polar surface area (TPSA) is 96.5 Å². The molecule has 1 heterocycles. The van der Waals surface area contributed by atoms with Gasteiger partial charge in [0.15, 0.2) is 0 Å². The van der Waals surface area contributed by atoms with Crippen molar-refractivity contribution in [2.45, 2.75) is 30.3 Å². The Kier molecular flexibility index (Phi) is 5.29. The monoisotopic (exact) mass is 381 g/mol. The standard InChI is InChI=1S/C17H20ClN3O3S/c18-14-8-16(17(19)20-9-14)25(23,24)21(15(11-22)13-6-7-13)10-12-4-2-1-3-5-12/h1-5,8-9,13,15,22H,6-7,10-11H2,(H2,19,20). The van der Waals surface area contributed by atoms with Crippen LogP contribution in [-0.2, 0) is 16.6 Å². The third kappa shape index (κ3) is 3.95. The molecule has 0 radical (unpaired) electrons. The van der Waals surface area contributed by atoms with Crippen molar-refractivity contribution in [1.29, 1.82) is 0 Å². The zero-order chi connectivity index (χ0) is 18.0. The zero-order valence-electron chi connectivity index (χ0n) is 13.5. The van der Waals surface area contributed by atoms with Crippen molar-refractivity contribution in [2.75, 3.05) is 12.3 Å². The van der Waals surface area contributed by atoms with Crippen LogP contribution in [0, 0.1) is 5.92 Å². The van der Waals surface area contributed by atoms with Crippen molar-refractivity contribution in [2.24, 2.45) is 5.92 Å². The molecule has 8 heteroatoms. The fourth-order valence-electron chi connectivity index (χ4n) is 2.86. The Morgan fingerprint density at radius 1 is 1.32 bits per heavy atom. The maximum absolute atomic E-state index is 13.3. The highest BCUT2D eigenvalue weighted by Crippen LogP contribution is 2.38. The van der Waals surface area contributed by atoms with Crippen LogP contribution in [0.5, 0.6) is 0 Å². The number of hydrogen-bond acceptors (Lipinski definition) is 5. The van der Waals surface area contributed by atoms with E-state index in [0.29, 0.717) is 0 Å². The summed E-state index contributed by atoms with van der Waals surface area (Å²) in [6.45, 7) is -0.0958. The third-order valence-electron chi connectivity index (χ3n) is 4.34. The van der Waals surface area contributed by atoms with Crippen LogP contribution in [-0.4, -0.2) is 35.5 Å². The molecule has 0 amide bonds. The predicted octanol–water partition coefficient (Wildman–Crippen LogP) is 2.28. The quantitative estimate of drug-likeness (QED) is 0.766. The summed E-state index contributed by atoms with van der Waals surface area (Å²) in [6.07, 6.45) is 3.10. The highest BCUT2D eigenvalue weighted by Gasteiger charge is 2.41. The van der Waals surface area contributed by atoms with Crippen molar-refractivity contribution in [3.05, 3.63) is 53.2 Å². The summed E-state index contributed by atoms with van der Waals surface area (Å²) in [6, 6.07) is 10.1. The number of benzene rings is 1. The molecule has 1 aromatic carbocycles. The SMILES string of the molecule is Nc1ncc(Cl)cc1S(=O)(=O)N(Cc1ccccc1)C(CO)C1CC1. The second kappa shape index (κ2) is 7.29. The van der Waals surface area contributed by atoms with E-state index in [1.165, 1.54) is 16.6 Å². The highest BCUT2D eigenvalue weighted by molar-refractivity contribution is 7.89. The van der Waals surface area contributed by atoms with Gasteiger partial charge in [0, 0.05) is 12.7 Å². The van der Waals surface area contributed by atoms with Gasteiger partial charge in [-0.1, -0.05) is 41.9 Å². The van der Waals surface area contributed by atoms with Crippen molar-refractivity contribution in [1.82, 2.24) is 9.29 Å². The molecule has 1 unspecified atom stereocenters. The minimum atomic E-state index is -3.97. The van der Waals surface area contributed by atoms with Gasteiger partial charge in [0.05, 0.1) is 17.7 Å². The Hall–Kier alpha value is -1.67. The number of nitrogens with two attached hydrogens (primary N) is 1. The first-order chi connectivity index (χ1) is 11.9. The van der Waals surface area contributed by atoms with Crippen molar-refractivity contribution in [3.8, 4) is 0 Å². The number of nitrogen functional groups attached to an aromatic ring is 1. The van der Waals surface area contributed by atoms with Crippen LogP contribution in [0.25, 0.3) is 0 Å². The van der Waals surface area contributed by atoms with Gasteiger partial charge in [-0.25, -0.2) is 13.4 Å². The number of rotatable bonds is 7. The average Bonchev–Trinajstić information content (AvgIpc) is 3.42. The van der Waals surface area contributed by atoms with Crippen LogP contribution in [0.1, 0.15) is 18.4 Å². The van der Waals surface area contributed by atoms with Gasteiger partial charge in [0.1, 0.15) is 10.7 Å². The molecular formula is C17H20ClN3O3S. The Morgan fingerprint density at radius 2 is 2.00 bits per heavy atom. The van der Waals surface area contributed by atoms with Gasteiger partial charge in [-0.05, 0) is 30.4 Å². The molecule has 134 valence electrons. The van der Waals surface area contributed by atoms with Crippen LogP contribution >= 0.6 is 11.6 Å². The molecule has 3 N–H and O–H groups in total. The van der Waals surface area contributed by atoms with E-state index in [9.17, 15) is 13.5 Å². The molecule has 1 atom stereocenters. The number of halogens is 1. The fourth-order valence-corrected chi connectivity index (χ4v) is 4.85. The van der Waals surface area contributed by atoms with Crippen molar-refractivity contribution in [3.63, 3.8) is 0 Å². The summed E-state index contributed by atoms with van der Waals surface area (Å²) >= 11 is 5.93. The number of aliphatic hydroxyl groups is 1. The summed E-state index contributed by atoms with van der Waals surface area (Å²) in [4.78, 5) is 3.73. The van der Waals surface area contributed by atoms with E-state index in [1.807, 2.05) is 30.3 Å². The number of nitrogens with zero attached hydrogens (tertiary/aromatic N) is 2. The minimum absolute atomic E-state index is 0.102. The smallest absolute Gasteiger partial charge is 0.247 e. The number of aliphatic hydroxyl groups excluding tert-OH is 1. The van der Waals surface area contributed by atoms with Gasteiger partial charge >= 0.3 is 0 Å². The molecule has 1 aliphatic carbocycles. The van der Waals surface area contributed by atoms with Crippen molar-refractivity contribution < 1.29 is 13.5 Å². The number of hydrogen-bond donors (Lipinski definition) is 2. The van der Waals surface area contributed by atoms with E-state index in [0.717, 1.165) is 18.4 Å². The number of aromatic nitrogens is 1. The van der Waals surface area contributed by atoms with E-state index in [1.54, 1.807) is 0 Å². The molecule has 6 nitrogen and oxygen atoms in total. The molecule has 1 fully saturated rings. The predicted molar refractivity (Wildman–Crippen MR) is 96.4 cm³/mol. The highest BCUT2D eigenvalue weighted by atomic mass is 35.5. The van der Waals surface area contributed by atoms with Crippen molar-refractivity contribution >= 4 is 27.4 Å². The van der Waals surface area contributed by atoms with Gasteiger partial charge in [-0.3, -0.25) is 0 Å². The summed E-state index contributed by atoms with van der Waals surface area (Å²) in [5.74, 6) is 0.0480. The van der Waals surface area contributed by atoms with Crippen LogP contribution in [0.2, 0.25) is 5.02 Å². The first-order valence-corrected chi connectivity index (χ1v) is 9.83. The Morgan fingerprint density at radius 3 is 2.60 bits per heavy atom. The van der Waals surface area contributed by atoms with E-state index >= 15 is 0 Å². The van der Waals surface area contributed by atoms with Gasteiger partial charge in [0.25, 0.3) is 0 Å². The molecule has 1 saturated carbocycles. The Bertz CT molecular complexity index is 841. The summed E-state index contributed by atoms with van der Waals surface area (Å²) in [5.41, 5.74) is 6.63. The summed E-state index contributed by atoms with van der Waals surface area (Å²) in [5, 5.41) is 10.0. The second-order valence-corrected chi connectivity index (χ2v) is 8.46. The molecule has 25 heavy (non-hydrogen) atoms. The second-order valence-electron chi connectivity index (χ2n) is 6.16. The first kappa shape index (κ1) is 18.1. The van der Waals surface area contributed by atoms with E-state index < -0.39 is 16.1 Å². The summed E-state index contributed by atoms with van der Waals surface area (Å²) < 4.78 is 27.9. The molecule has 0 aliphatic heterocycles.